The summed E-state index contributed by atoms with van der Waals surface area (Å²) in [6.45, 7) is 2.10. The number of rotatable bonds is 3. The molecule has 9 heavy (non-hydrogen) atoms. The van der Waals surface area contributed by atoms with Crippen LogP contribution >= 0.6 is 26.8 Å². The summed E-state index contributed by atoms with van der Waals surface area (Å²) in [5, 5.41) is 0. The van der Waals surface area contributed by atoms with Gasteiger partial charge in [0.15, 0.2) is 0 Å². The Morgan fingerprint density at radius 1 is 1.22 bits per heavy atom. The summed E-state index contributed by atoms with van der Waals surface area (Å²) in [4.78, 5) is 0. The fourth-order valence-corrected chi connectivity index (χ4v) is 5.22. The number of halogens is 3. The summed E-state index contributed by atoms with van der Waals surface area (Å²) in [6, 6.07) is 0. The Kier molecular flexibility index (Phi) is 11.6. The van der Waals surface area contributed by atoms with Gasteiger partial charge in [0.25, 0.3) is 0 Å². The molecule has 0 unspecified atom stereocenters. The third kappa shape index (κ3) is 13.6. The molecule has 0 rings (SSSR count). The van der Waals surface area contributed by atoms with Gasteiger partial charge in [-0.25, -0.2) is 0 Å². The van der Waals surface area contributed by atoms with E-state index >= 15 is 0 Å². The zero-order valence-electron chi connectivity index (χ0n) is 4.76. The van der Waals surface area contributed by atoms with Crippen molar-refractivity contribution in [3.05, 3.63) is 0 Å². The van der Waals surface area contributed by atoms with Crippen LogP contribution in [0, 0.1) is 0 Å². The van der Waals surface area contributed by atoms with Crippen LogP contribution in [0.3, 0.4) is 0 Å². The zero-order chi connectivity index (χ0) is 6.62. The van der Waals surface area contributed by atoms with E-state index in [0.717, 1.165) is 17.3 Å². The Balaban J connectivity index is 0. The third-order valence-electron chi connectivity index (χ3n) is 0.814. The van der Waals surface area contributed by atoms with Crippen molar-refractivity contribution in [2.45, 2.75) is 24.2 Å². The van der Waals surface area contributed by atoms with Gasteiger partial charge in [-0.3, -0.25) is 0 Å². The van der Waals surface area contributed by atoms with Crippen molar-refractivity contribution in [1.29, 1.82) is 0 Å². The predicted molar refractivity (Wildman–Crippen MR) is 50.2 cm³/mol. The van der Waals surface area contributed by atoms with Gasteiger partial charge in [0.2, 0.25) is 0 Å². The summed E-state index contributed by atoms with van der Waals surface area (Å²) in [6.07, 6.45) is 2.21. The van der Waals surface area contributed by atoms with E-state index in [9.17, 15) is 0 Å². The minimum absolute atomic E-state index is 0. The molecular formula is C4H10Cl3NaSn. The van der Waals surface area contributed by atoms with Crippen molar-refractivity contribution >= 4 is 71.3 Å². The van der Waals surface area contributed by atoms with Crippen LogP contribution in [0.2, 0.25) is 4.44 Å². The van der Waals surface area contributed by atoms with Gasteiger partial charge < -0.3 is 0 Å². The Morgan fingerprint density at radius 2 is 1.67 bits per heavy atom. The van der Waals surface area contributed by atoms with Gasteiger partial charge in [-0.15, -0.1) is 0 Å². The van der Waals surface area contributed by atoms with Gasteiger partial charge >= 0.3 is 95.5 Å². The SMILES string of the molecule is CCC[CH2][Sn]([Cl])([Cl])[Cl].[NaH]. The molecule has 0 saturated heterocycles. The van der Waals surface area contributed by atoms with Gasteiger partial charge in [0, 0.05) is 0 Å². The molecule has 0 N–H and O–H groups in total. The number of unbranched alkanes of at least 4 members (excludes halogenated alkanes) is 1. The van der Waals surface area contributed by atoms with Crippen molar-refractivity contribution < 1.29 is 0 Å². The van der Waals surface area contributed by atoms with Crippen LogP contribution in [0.25, 0.3) is 0 Å². The van der Waals surface area contributed by atoms with Gasteiger partial charge in [-0.05, 0) is 0 Å². The van der Waals surface area contributed by atoms with Crippen LogP contribution in [0.15, 0.2) is 0 Å². The van der Waals surface area contributed by atoms with E-state index in [0.29, 0.717) is 0 Å². The minimum atomic E-state index is -2.89. The molecule has 0 aromatic heterocycles. The Morgan fingerprint density at radius 3 is 1.78 bits per heavy atom. The quantitative estimate of drug-likeness (QED) is 0.703. The molecule has 0 amide bonds. The van der Waals surface area contributed by atoms with Crippen LogP contribution in [-0.4, -0.2) is 44.6 Å². The van der Waals surface area contributed by atoms with E-state index in [1.165, 1.54) is 0 Å². The van der Waals surface area contributed by atoms with E-state index in [-0.39, 0.29) is 29.6 Å². The molecule has 0 atom stereocenters. The maximum absolute atomic E-state index is 5.65. The zero-order valence-corrected chi connectivity index (χ0v) is 9.88. The molecule has 0 heterocycles. The molecule has 0 fully saturated rings. The molecule has 0 nitrogen and oxygen atoms in total. The van der Waals surface area contributed by atoms with Crippen LogP contribution in [0.5, 0.6) is 0 Å². The van der Waals surface area contributed by atoms with E-state index in [1.54, 1.807) is 0 Å². The fraction of sp³-hybridized carbons (Fsp3) is 1.00. The summed E-state index contributed by atoms with van der Waals surface area (Å²) in [5.74, 6) is 0. The summed E-state index contributed by atoms with van der Waals surface area (Å²) >= 11 is -2.89. The second-order valence-corrected chi connectivity index (χ2v) is 23.5. The Bertz CT molecular complexity index is 63.3. The van der Waals surface area contributed by atoms with Crippen LogP contribution in [0.4, 0.5) is 0 Å². The Hall–Kier alpha value is 2.67. The molecule has 52 valence electrons. The van der Waals surface area contributed by atoms with Crippen LogP contribution in [-0.2, 0) is 0 Å². The molecule has 5 heteroatoms. The average molecular weight is 306 g/mol. The second-order valence-electron chi connectivity index (χ2n) is 1.72. The first-order valence-electron chi connectivity index (χ1n) is 2.63. The van der Waals surface area contributed by atoms with Crippen molar-refractivity contribution in [3.8, 4) is 0 Å². The topological polar surface area (TPSA) is 0 Å². The first kappa shape index (κ1) is 14.2. The van der Waals surface area contributed by atoms with Crippen LogP contribution in [0.1, 0.15) is 19.8 Å². The van der Waals surface area contributed by atoms with Gasteiger partial charge in [0.05, 0.1) is 0 Å². The van der Waals surface area contributed by atoms with E-state index in [2.05, 4.69) is 6.92 Å². The maximum atomic E-state index is 5.65. The predicted octanol–water partition coefficient (Wildman–Crippen LogP) is 2.79. The molecule has 0 aliphatic heterocycles. The molecule has 0 aliphatic carbocycles. The van der Waals surface area contributed by atoms with E-state index in [1.807, 2.05) is 0 Å². The molecule has 0 aliphatic rings. The summed E-state index contributed by atoms with van der Waals surface area (Å²) in [7, 11) is 17.0. The average Bonchev–Trinajstić information content (AvgIpc) is 1.59. The van der Waals surface area contributed by atoms with Gasteiger partial charge in [0.1, 0.15) is 0 Å². The molecule has 0 bridgehead atoms. The van der Waals surface area contributed by atoms with Gasteiger partial charge in [-0.2, -0.15) is 0 Å². The van der Waals surface area contributed by atoms with Crippen LogP contribution < -0.4 is 0 Å². The molecule has 0 aromatic carbocycles. The Labute approximate surface area is 93.9 Å². The normalized spacial score (nSPS) is 10.7. The van der Waals surface area contributed by atoms with Crippen molar-refractivity contribution in [1.82, 2.24) is 0 Å². The van der Waals surface area contributed by atoms with Crippen molar-refractivity contribution in [2.75, 3.05) is 0 Å². The molecular weight excluding hydrogens is 296 g/mol. The molecule has 0 radical (unpaired) electrons. The standard InChI is InChI=1S/C4H9.3ClH.Na.Sn.H/c1-3-4-2;;;;;;/h1,3-4H2,2H3;3*1H;;;/q;;;;;+3;/p-3. The van der Waals surface area contributed by atoms with E-state index in [4.69, 9.17) is 26.8 Å². The second kappa shape index (κ2) is 7.32. The molecule has 0 saturated carbocycles. The van der Waals surface area contributed by atoms with Crippen molar-refractivity contribution in [3.63, 3.8) is 0 Å². The van der Waals surface area contributed by atoms with Crippen molar-refractivity contribution in [2.24, 2.45) is 0 Å². The number of hydrogen-bond donors (Lipinski definition) is 0. The molecule has 0 aromatic rings. The first-order valence-corrected chi connectivity index (χ1v) is 15.5. The third-order valence-corrected chi connectivity index (χ3v) is 7.24. The molecule has 0 spiro atoms. The first-order chi connectivity index (χ1) is 3.56. The monoisotopic (exact) mass is 306 g/mol. The van der Waals surface area contributed by atoms with Gasteiger partial charge in [-0.1, -0.05) is 0 Å². The summed E-state index contributed by atoms with van der Waals surface area (Å²) < 4.78 is 0.871. The fourth-order valence-electron chi connectivity index (χ4n) is 0.377. The number of hydrogen-bond acceptors (Lipinski definition) is 0. The van der Waals surface area contributed by atoms with E-state index < -0.39 is 15.0 Å². The summed E-state index contributed by atoms with van der Waals surface area (Å²) in [5.41, 5.74) is 0.